The van der Waals surface area contributed by atoms with Gasteiger partial charge >= 0.3 is 0 Å². The number of allylic oxidation sites excluding steroid dienone is 1. The highest BCUT2D eigenvalue weighted by Crippen LogP contribution is 2.43. The second-order valence-electron chi connectivity index (χ2n) is 5.64. The van der Waals surface area contributed by atoms with Gasteiger partial charge in [-0.3, -0.25) is 0 Å². The number of aryl methyl sites for hydroxylation is 1. The summed E-state index contributed by atoms with van der Waals surface area (Å²) in [5, 5.41) is 0. The summed E-state index contributed by atoms with van der Waals surface area (Å²) in [4.78, 5) is 0. The molecule has 1 aromatic rings. The molecule has 1 heteroatoms. The first-order valence-electron chi connectivity index (χ1n) is 6.78. The molecule has 0 aromatic heterocycles. The van der Waals surface area contributed by atoms with Gasteiger partial charge in [-0.15, -0.1) is 0 Å². The van der Waals surface area contributed by atoms with Crippen molar-refractivity contribution in [2.75, 3.05) is 0 Å². The average Bonchev–Trinajstić information content (AvgIpc) is 2.31. The van der Waals surface area contributed by atoms with E-state index in [1.807, 2.05) is 0 Å². The number of hydrogen-bond acceptors (Lipinski definition) is 1. The van der Waals surface area contributed by atoms with Crippen LogP contribution in [0.25, 0.3) is 5.57 Å². The van der Waals surface area contributed by atoms with Gasteiger partial charge in [0.1, 0.15) is 0 Å². The molecule has 3 atom stereocenters. The molecule has 2 N–H and O–H groups in total. The molecule has 0 saturated heterocycles. The van der Waals surface area contributed by atoms with Gasteiger partial charge in [0, 0.05) is 6.04 Å². The summed E-state index contributed by atoms with van der Waals surface area (Å²) in [5.74, 6) is 1.34. The Labute approximate surface area is 104 Å². The minimum absolute atomic E-state index is 0.394. The van der Waals surface area contributed by atoms with E-state index in [1.165, 1.54) is 42.4 Å². The molecule has 2 aliphatic rings. The van der Waals surface area contributed by atoms with Crippen LogP contribution < -0.4 is 5.73 Å². The van der Waals surface area contributed by atoms with E-state index in [1.54, 1.807) is 0 Å². The Hall–Kier alpha value is -1.08. The molecule has 3 rings (SSSR count). The smallest absolute Gasteiger partial charge is 0.0139 e. The molecule has 17 heavy (non-hydrogen) atoms. The first kappa shape index (κ1) is 11.0. The van der Waals surface area contributed by atoms with Crippen LogP contribution in [0.5, 0.6) is 0 Å². The van der Waals surface area contributed by atoms with Crippen molar-refractivity contribution >= 4 is 5.57 Å². The van der Waals surface area contributed by atoms with Gasteiger partial charge < -0.3 is 5.73 Å². The summed E-state index contributed by atoms with van der Waals surface area (Å²) in [6.07, 6.45) is 7.59. The van der Waals surface area contributed by atoms with Crippen molar-refractivity contribution in [2.45, 2.75) is 38.6 Å². The van der Waals surface area contributed by atoms with Crippen molar-refractivity contribution in [1.29, 1.82) is 0 Å². The van der Waals surface area contributed by atoms with Crippen molar-refractivity contribution < 1.29 is 0 Å². The molecule has 2 aliphatic carbocycles. The molecule has 0 heterocycles. The Morgan fingerprint density at radius 1 is 1.12 bits per heavy atom. The van der Waals surface area contributed by atoms with Crippen LogP contribution in [0.2, 0.25) is 0 Å². The molecular formula is C16H21N. The summed E-state index contributed by atoms with van der Waals surface area (Å²) in [6.45, 7) is 2.14. The molecule has 1 saturated carbocycles. The molecule has 1 nitrogen and oxygen atoms in total. The number of fused-ring (bicyclic) bond motifs is 2. The second-order valence-corrected chi connectivity index (χ2v) is 5.64. The quantitative estimate of drug-likeness (QED) is 0.780. The van der Waals surface area contributed by atoms with Crippen LogP contribution in [-0.2, 0) is 0 Å². The number of hydrogen-bond donors (Lipinski definition) is 1. The van der Waals surface area contributed by atoms with Gasteiger partial charge in [-0.2, -0.15) is 0 Å². The van der Waals surface area contributed by atoms with Gasteiger partial charge in [0.05, 0.1) is 0 Å². The Kier molecular flexibility index (Phi) is 2.79. The van der Waals surface area contributed by atoms with E-state index in [-0.39, 0.29) is 0 Å². The molecule has 2 bridgehead atoms. The lowest BCUT2D eigenvalue weighted by Crippen LogP contribution is -2.43. The minimum Gasteiger partial charge on any atom is -0.327 e. The lowest BCUT2D eigenvalue weighted by molar-refractivity contribution is 0.251. The lowest BCUT2D eigenvalue weighted by atomic mass is 9.67. The molecule has 0 spiro atoms. The predicted octanol–water partition coefficient (Wildman–Crippen LogP) is 3.53. The SMILES string of the molecule is Cc1ccc(C2=CCC3CCCC2C3N)cc1. The van der Waals surface area contributed by atoms with E-state index in [4.69, 9.17) is 5.73 Å². The van der Waals surface area contributed by atoms with Gasteiger partial charge in [-0.25, -0.2) is 0 Å². The lowest BCUT2D eigenvalue weighted by Gasteiger charge is -2.40. The molecule has 3 unspecified atom stereocenters. The third-order valence-corrected chi connectivity index (χ3v) is 4.52. The monoisotopic (exact) mass is 227 g/mol. The fourth-order valence-electron chi connectivity index (χ4n) is 3.46. The molecular weight excluding hydrogens is 206 g/mol. The largest absolute Gasteiger partial charge is 0.327 e. The first-order chi connectivity index (χ1) is 8.25. The van der Waals surface area contributed by atoms with Gasteiger partial charge in [0.15, 0.2) is 0 Å². The van der Waals surface area contributed by atoms with Gasteiger partial charge in [-0.1, -0.05) is 42.3 Å². The summed E-state index contributed by atoms with van der Waals surface area (Å²) in [6, 6.07) is 9.31. The molecule has 1 aromatic carbocycles. The standard InChI is InChI=1S/C16H21N/c1-11-5-7-12(8-6-11)14-10-9-13-3-2-4-15(14)16(13)17/h5-8,10,13,15-16H,2-4,9,17H2,1H3. The minimum atomic E-state index is 0.394. The molecule has 0 aliphatic heterocycles. The Morgan fingerprint density at radius 3 is 2.65 bits per heavy atom. The number of benzene rings is 1. The maximum Gasteiger partial charge on any atom is 0.0139 e. The van der Waals surface area contributed by atoms with Crippen LogP contribution in [0.15, 0.2) is 30.3 Å². The molecule has 90 valence electrons. The van der Waals surface area contributed by atoms with Crippen molar-refractivity contribution in [3.8, 4) is 0 Å². The van der Waals surface area contributed by atoms with Crippen LogP contribution in [-0.4, -0.2) is 6.04 Å². The highest BCUT2D eigenvalue weighted by atomic mass is 14.7. The predicted molar refractivity (Wildman–Crippen MR) is 72.6 cm³/mol. The average molecular weight is 227 g/mol. The highest BCUT2D eigenvalue weighted by Gasteiger charge is 2.35. The fourth-order valence-corrected chi connectivity index (χ4v) is 3.46. The van der Waals surface area contributed by atoms with Crippen molar-refractivity contribution in [3.63, 3.8) is 0 Å². The zero-order chi connectivity index (χ0) is 11.8. The fraction of sp³-hybridized carbons (Fsp3) is 0.500. The second kappa shape index (κ2) is 4.30. The topological polar surface area (TPSA) is 26.0 Å². The van der Waals surface area contributed by atoms with E-state index in [0.717, 1.165) is 5.92 Å². The van der Waals surface area contributed by atoms with Gasteiger partial charge in [-0.05, 0) is 49.2 Å². The van der Waals surface area contributed by atoms with E-state index in [9.17, 15) is 0 Å². The van der Waals surface area contributed by atoms with Crippen molar-refractivity contribution in [1.82, 2.24) is 0 Å². The third kappa shape index (κ3) is 1.93. The van der Waals surface area contributed by atoms with Crippen LogP contribution in [0.3, 0.4) is 0 Å². The van der Waals surface area contributed by atoms with E-state index in [0.29, 0.717) is 12.0 Å². The van der Waals surface area contributed by atoms with E-state index in [2.05, 4.69) is 37.3 Å². The number of rotatable bonds is 1. The molecule has 0 radical (unpaired) electrons. The van der Waals surface area contributed by atoms with Crippen molar-refractivity contribution in [2.24, 2.45) is 17.6 Å². The molecule has 0 amide bonds. The zero-order valence-electron chi connectivity index (χ0n) is 10.5. The summed E-state index contributed by atoms with van der Waals surface area (Å²) >= 11 is 0. The van der Waals surface area contributed by atoms with Crippen LogP contribution in [0.1, 0.15) is 36.8 Å². The highest BCUT2D eigenvalue weighted by molar-refractivity contribution is 5.69. The van der Waals surface area contributed by atoms with Crippen LogP contribution >= 0.6 is 0 Å². The maximum absolute atomic E-state index is 6.40. The Morgan fingerprint density at radius 2 is 1.88 bits per heavy atom. The van der Waals surface area contributed by atoms with Crippen LogP contribution in [0, 0.1) is 18.8 Å². The Balaban J connectivity index is 1.95. The Bertz CT molecular complexity index is 429. The van der Waals surface area contributed by atoms with E-state index < -0.39 is 0 Å². The zero-order valence-corrected chi connectivity index (χ0v) is 10.5. The molecule has 1 fully saturated rings. The van der Waals surface area contributed by atoms with Crippen molar-refractivity contribution in [3.05, 3.63) is 41.5 Å². The van der Waals surface area contributed by atoms with Gasteiger partial charge in [0.2, 0.25) is 0 Å². The first-order valence-corrected chi connectivity index (χ1v) is 6.78. The summed E-state index contributed by atoms with van der Waals surface area (Å²) < 4.78 is 0. The summed E-state index contributed by atoms with van der Waals surface area (Å²) in [5.41, 5.74) is 10.6. The summed E-state index contributed by atoms with van der Waals surface area (Å²) in [7, 11) is 0. The van der Waals surface area contributed by atoms with E-state index >= 15 is 0 Å². The number of nitrogens with two attached hydrogens (primary N) is 1. The van der Waals surface area contributed by atoms with Gasteiger partial charge in [0.25, 0.3) is 0 Å². The normalized spacial score (nSPS) is 32.1. The third-order valence-electron chi connectivity index (χ3n) is 4.52. The van der Waals surface area contributed by atoms with Crippen LogP contribution in [0.4, 0.5) is 0 Å². The maximum atomic E-state index is 6.40.